The molecule has 2 aromatic carbocycles. The molecule has 1 heterocycles. The highest BCUT2D eigenvalue weighted by atomic mass is 16.5. The molecule has 0 bridgehead atoms. The Kier molecular flexibility index (Phi) is 5.87. The highest BCUT2D eigenvalue weighted by Gasteiger charge is 2.32. The molecule has 1 fully saturated rings. The molecule has 27 heavy (non-hydrogen) atoms. The van der Waals surface area contributed by atoms with Gasteiger partial charge in [0.15, 0.2) is 0 Å². The first kappa shape index (κ1) is 18.2. The number of nitrogens with zero attached hydrogens (tertiary/aromatic N) is 2. The van der Waals surface area contributed by atoms with Gasteiger partial charge in [0.2, 0.25) is 0 Å². The molecule has 1 N–H and O–H groups in total. The number of piperazine rings is 1. The maximum Gasteiger partial charge on any atom is 0.0587 e. The summed E-state index contributed by atoms with van der Waals surface area (Å²) >= 11 is 0. The Bertz CT molecular complexity index is 753. The summed E-state index contributed by atoms with van der Waals surface area (Å²) in [4.78, 5) is 5.11. The van der Waals surface area contributed by atoms with E-state index < -0.39 is 0 Å². The van der Waals surface area contributed by atoms with E-state index in [1.165, 1.54) is 16.8 Å². The molecule has 4 heteroatoms. The molecule has 142 valence electrons. The van der Waals surface area contributed by atoms with Crippen LogP contribution in [0.15, 0.2) is 60.7 Å². The molecule has 0 radical (unpaired) electrons. The average molecular weight is 364 g/mol. The van der Waals surface area contributed by atoms with Gasteiger partial charge in [-0.2, -0.15) is 0 Å². The van der Waals surface area contributed by atoms with Crippen LogP contribution in [-0.2, 0) is 4.74 Å². The van der Waals surface area contributed by atoms with Crippen LogP contribution >= 0.6 is 0 Å². The maximum atomic E-state index is 5.26. The van der Waals surface area contributed by atoms with Gasteiger partial charge < -0.3 is 15.0 Å². The average Bonchev–Trinajstić information content (AvgIpc) is 2.75. The number of hydrogen-bond donors (Lipinski definition) is 1. The number of nitrogens with one attached hydrogen (secondary N) is 1. The van der Waals surface area contributed by atoms with Crippen molar-refractivity contribution in [2.75, 3.05) is 51.3 Å². The van der Waals surface area contributed by atoms with Gasteiger partial charge in [0, 0.05) is 51.6 Å². The number of hydrogen-bond acceptors (Lipinski definition) is 4. The Hall–Kier alpha value is -2.14. The van der Waals surface area contributed by atoms with Crippen molar-refractivity contribution < 1.29 is 4.74 Å². The zero-order valence-corrected chi connectivity index (χ0v) is 16.1. The third kappa shape index (κ3) is 4.08. The second-order valence-corrected chi connectivity index (χ2v) is 7.26. The first-order valence-corrected chi connectivity index (χ1v) is 9.90. The van der Waals surface area contributed by atoms with Crippen LogP contribution in [0.2, 0.25) is 0 Å². The number of benzene rings is 2. The number of methoxy groups -OCH3 is 1. The van der Waals surface area contributed by atoms with Crippen LogP contribution in [0.25, 0.3) is 6.08 Å². The third-order valence-electron chi connectivity index (χ3n) is 5.67. The normalized spacial score (nSPS) is 22.6. The van der Waals surface area contributed by atoms with E-state index in [0.29, 0.717) is 12.1 Å². The van der Waals surface area contributed by atoms with Crippen LogP contribution in [0.1, 0.15) is 17.2 Å². The molecule has 0 saturated carbocycles. The van der Waals surface area contributed by atoms with Crippen molar-refractivity contribution in [2.45, 2.75) is 12.1 Å². The Morgan fingerprint density at radius 1 is 0.963 bits per heavy atom. The van der Waals surface area contributed by atoms with Gasteiger partial charge >= 0.3 is 0 Å². The van der Waals surface area contributed by atoms with E-state index in [1.54, 1.807) is 7.11 Å². The fraction of sp³-hybridized carbons (Fsp3) is 0.391. The summed E-state index contributed by atoms with van der Waals surface area (Å²) in [6.07, 6.45) is 4.67. The van der Waals surface area contributed by atoms with E-state index in [4.69, 9.17) is 4.74 Å². The minimum atomic E-state index is 0.310. The van der Waals surface area contributed by atoms with Gasteiger partial charge in [-0.05, 0) is 23.3 Å². The van der Waals surface area contributed by atoms with Crippen molar-refractivity contribution in [3.63, 3.8) is 0 Å². The Balaban J connectivity index is 1.47. The molecular weight excluding hydrogens is 334 g/mol. The van der Waals surface area contributed by atoms with Gasteiger partial charge in [-0.25, -0.2) is 0 Å². The summed E-state index contributed by atoms with van der Waals surface area (Å²) < 4.78 is 5.26. The standard InChI is InChI=1S/C23H29N3O/c1-27-18-13-24-23-21-10-6-5-7-19(21)11-12-22(23)26-16-14-25(15-17-26)20-8-3-2-4-9-20/h2-12,22-24H,13-18H2,1H3/t22-,23-/m1/s1. The smallest absolute Gasteiger partial charge is 0.0587 e. The lowest BCUT2D eigenvalue weighted by atomic mass is 9.88. The van der Waals surface area contributed by atoms with Crippen LogP contribution in [0.4, 0.5) is 5.69 Å². The van der Waals surface area contributed by atoms with E-state index in [0.717, 1.165) is 39.3 Å². The molecule has 1 aliphatic carbocycles. The summed E-state index contributed by atoms with van der Waals surface area (Å²) in [6.45, 7) is 5.89. The Morgan fingerprint density at radius 2 is 1.70 bits per heavy atom. The van der Waals surface area contributed by atoms with Crippen LogP contribution in [-0.4, -0.2) is 57.4 Å². The summed E-state index contributed by atoms with van der Waals surface area (Å²) in [5.74, 6) is 0. The summed E-state index contributed by atoms with van der Waals surface area (Å²) in [5, 5.41) is 3.74. The van der Waals surface area contributed by atoms with Gasteiger partial charge in [0.1, 0.15) is 0 Å². The summed E-state index contributed by atoms with van der Waals surface area (Å²) in [7, 11) is 1.76. The minimum Gasteiger partial charge on any atom is -0.383 e. The van der Waals surface area contributed by atoms with Gasteiger partial charge in [-0.3, -0.25) is 4.90 Å². The molecule has 2 aliphatic rings. The van der Waals surface area contributed by atoms with E-state index in [1.807, 2.05) is 0 Å². The molecule has 0 unspecified atom stereocenters. The molecule has 4 nitrogen and oxygen atoms in total. The number of rotatable bonds is 6. The molecule has 0 spiro atoms. The predicted octanol–water partition coefficient (Wildman–Crippen LogP) is 3.18. The van der Waals surface area contributed by atoms with Crippen molar-refractivity contribution in [1.29, 1.82) is 0 Å². The number of ether oxygens (including phenoxy) is 1. The minimum absolute atomic E-state index is 0.310. The largest absolute Gasteiger partial charge is 0.383 e. The monoisotopic (exact) mass is 363 g/mol. The maximum absolute atomic E-state index is 5.26. The fourth-order valence-electron chi connectivity index (χ4n) is 4.24. The van der Waals surface area contributed by atoms with Crippen molar-refractivity contribution in [3.05, 3.63) is 71.8 Å². The van der Waals surface area contributed by atoms with Crippen LogP contribution < -0.4 is 10.2 Å². The summed E-state index contributed by atoms with van der Waals surface area (Å²) in [5.41, 5.74) is 4.05. The Labute approximate surface area is 162 Å². The number of fused-ring (bicyclic) bond motifs is 1. The SMILES string of the molecule is COCCN[C@@H]1c2ccccc2C=C[C@H]1N1CCN(c2ccccc2)CC1. The van der Waals surface area contributed by atoms with Crippen molar-refractivity contribution in [1.82, 2.24) is 10.2 Å². The third-order valence-corrected chi connectivity index (χ3v) is 5.67. The fourth-order valence-corrected chi connectivity index (χ4v) is 4.24. The van der Waals surface area contributed by atoms with E-state index in [-0.39, 0.29) is 0 Å². The molecule has 1 aliphatic heterocycles. The lowest BCUT2D eigenvalue weighted by molar-refractivity contribution is 0.161. The second kappa shape index (κ2) is 8.70. The molecule has 1 saturated heterocycles. The Morgan fingerprint density at radius 3 is 2.48 bits per heavy atom. The van der Waals surface area contributed by atoms with Gasteiger partial charge in [-0.15, -0.1) is 0 Å². The van der Waals surface area contributed by atoms with Gasteiger partial charge in [0.25, 0.3) is 0 Å². The highest BCUT2D eigenvalue weighted by Crippen LogP contribution is 2.31. The van der Waals surface area contributed by atoms with E-state index in [2.05, 4.69) is 81.9 Å². The van der Waals surface area contributed by atoms with E-state index in [9.17, 15) is 0 Å². The molecular formula is C23H29N3O. The van der Waals surface area contributed by atoms with Gasteiger partial charge in [-0.1, -0.05) is 54.6 Å². The highest BCUT2D eigenvalue weighted by molar-refractivity contribution is 5.59. The molecule has 2 aromatic rings. The van der Waals surface area contributed by atoms with Crippen LogP contribution in [0.3, 0.4) is 0 Å². The topological polar surface area (TPSA) is 27.7 Å². The van der Waals surface area contributed by atoms with Gasteiger partial charge in [0.05, 0.1) is 12.6 Å². The first-order valence-electron chi connectivity index (χ1n) is 9.90. The lowest BCUT2D eigenvalue weighted by Gasteiger charge is -2.43. The second-order valence-electron chi connectivity index (χ2n) is 7.26. The van der Waals surface area contributed by atoms with Crippen molar-refractivity contribution in [3.8, 4) is 0 Å². The van der Waals surface area contributed by atoms with E-state index >= 15 is 0 Å². The molecule has 2 atom stereocenters. The van der Waals surface area contributed by atoms with Crippen LogP contribution in [0.5, 0.6) is 0 Å². The molecule has 0 aromatic heterocycles. The lowest BCUT2D eigenvalue weighted by Crippen LogP contribution is -2.54. The van der Waals surface area contributed by atoms with Crippen molar-refractivity contribution in [2.24, 2.45) is 0 Å². The summed E-state index contributed by atoms with van der Waals surface area (Å²) in [6, 6.07) is 20.2. The molecule has 4 rings (SSSR count). The van der Waals surface area contributed by atoms with Crippen molar-refractivity contribution >= 4 is 11.8 Å². The zero-order chi connectivity index (χ0) is 18.5. The first-order chi connectivity index (χ1) is 13.4. The number of para-hydroxylation sites is 1. The molecule has 0 amide bonds. The predicted molar refractivity (Wildman–Crippen MR) is 112 cm³/mol. The van der Waals surface area contributed by atoms with Crippen LogP contribution in [0, 0.1) is 0 Å². The quantitative estimate of drug-likeness (QED) is 0.798. The zero-order valence-electron chi connectivity index (χ0n) is 16.1. The number of anilines is 1.